The number of hydrogen-bond donors (Lipinski definition) is 0. The molecule has 250 valence electrons. The van der Waals surface area contributed by atoms with Crippen LogP contribution in [0.4, 0.5) is 0 Å². The number of rotatable bonds is 5. The minimum Gasteiger partial charge on any atom is -0.456 e. The topological polar surface area (TPSA) is 35.9 Å². The SMILES string of the molecule is C1=CCC(n2c3ccccc3c3cccc(-c4cc(-c5cc6ccccc6o5)cc(-c5cccc6c7ccccc7n(-c7ccccc7)c56)n4)c32)C=C1. The average Bonchev–Trinajstić information content (AvgIpc) is 3.92. The Hall–Kier alpha value is -6.91. The third-order valence-corrected chi connectivity index (χ3v) is 10.8. The van der Waals surface area contributed by atoms with Crippen LogP contribution in [0.3, 0.4) is 0 Å². The fourth-order valence-electron chi connectivity index (χ4n) is 8.51. The minimum atomic E-state index is 0.192. The van der Waals surface area contributed by atoms with Crippen LogP contribution in [0.1, 0.15) is 12.5 Å². The number of aromatic nitrogens is 3. The van der Waals surface area contributed by atoms with E-state index in [1.165, 1.54) is 38.1 Å². The van der Waals surface area contributed by atoms with Crippen molar-refractivity contribution in [3.05, 3.63) is 182 Å². The molecule has 0 fully saturated rings. The Labute approximate surface area is 306 Å². The normalized spacial score (nSPS) is 14.4. The summed E-state index contributed by atoms with van der Waals surface area (Å²) in [6.07, 6.45) is 9.82. The first-order valence-corrected chi connectivity index (χ1v) is 18.2. The van der Waals surface area contributed by atoms with E-state index < -0.39 is 0 Å². The molecular weight excluding hydrogens is 647 g/mol. The summed E-state index contributed by atoms with van der Waals surface area (Å²) in [6.45, 7) is 0. The highest BCUT2D eigenvalue weighted by Gasteiger charge is 2.23. The molecule has 1 atom stereocenters. The molecule has 4 nitrogen and oxygen atoms in total. The zero-order valence-electron chi connectivity index (χ0n) is 28.9. The van der Waals surface area contributed by atoms with Gasteiger partial charge in [0.25, 0.3) is 0 Å². The second-order valence-corrected chi connectivity index (χ2v) is 13.9. The number of pyridine rings is 1. The first-order valence-electron chi connectivity index (χ1n) is 18.2. The van der Waals surface area contributed by atoms with Crippen LogP contribution < -0.4 is 0 Å². The Morgan fingerprint density at radius 3 is 1.94 bits per heavy atom. The zero-order valence-corrected chi connectivity index (χ0v) is 28.9. The van der Waals surface area contributed by atoms with E-state index in [2.05, 4.69) is 179 Å². The molecule has 0 radical (unpaired) electrons. The first-order chi connectivity index (χ1) is 26.3. The van der Waals surface area contributed by atoms with Gasteiger partial charge in [-0.05, 0) is 55.0 Å². The standard InChI is InChI=1S/C49H33N3O/c1-3-16-34(17-4-1)51-44-26-10-8-20-36(44)38-22-13-24-40(48(38)51)42-29-33(47-31-32-15-7-12-28-46(32)53-47)30-43(50-42)41-25-14-23-39-37-21-9-11-27-45(37)52(49(39)41)35-18-5-2-6-19-35/h1-18,20-31,35H,19H2. The summed E-state index contributed by atoms with van der Waals surface area (Å²) in [7, 11) is 0. The van der Waals surface area contributed by atoms with E-state index in [1.807, 2.05) is 12.1 Å². The van der Waals surface area contributed by atoms with Crippen molar-refractivity contribution in [3.8, 4) is 39.5 Å². The van der Waals surface area contributed by atoms with Crippen LogP contribution in [0.25, 0.3) is 94.1 Å². The molecule has 0 spiro atoms. The van der Waals surface area contributed by atoms with Gasteiger partial charge in [0.15, 0.2) is 0 Å². The largest absolute Gasteiger partial charge is 0.456 e. The molecule has 0 saturated carbocycles. The number of para-hydroxylation sites is 6. The van der Waals surface area contributed by atoms with Crippen LogP contribution in [0, 0.1) is 0 Å². The van der Waals surface area contributed by atoms with Crippen LogP contribution in [0.2, 0.25) is 0 Å². The van der Waals surface area contributed by atoms with Gasteiger partial charge in [0.05, 0.1) is 34.0 Å². The lowest BCUT2D eigenvalue weighted by molar-refractivity contribution is 0.631. The summed E-state index contributed by atoms with van der Waals surface area (Å²) in [5.74, 6) is 0.819. The monoisotopic (exact) mass is 679 g/mol. The highest BCUT2D eigenvalue weighted by molar-refractivity contribution is 6.15. The van der Waals surface area contributed by atoms with E-state index in [1.54, 1.807) is 0 Å². The molecule has 0 N–H and O–H groups in total. The molecule has 0 amide bonds. The van der Waals surface area contributed by atoms with Crippen molar-refractivity contribution in [2.24, 2.45) is 0 Å². The van der Waals surface area contributed by atoms with Gasteiger partial charge in [-0.2, -0.15) is 0 Å². The molecule has 4 aromatic heterocycles. The Morgan fingerprint density at radius 2 is 1.19 bits per heavy atom. The van der Waals surface area contributed by atoms with Gasteiger partial charge in [-0.1, -0.05) is 133 Å². The predicted molar refractivity (Wildman–Crippen MR) is 220 cm³/mol. The highest BCUT2D eigenvalue weighted by atomic mass is 16.3. The van der Waals surface area contributed by atoms with Crippen LogP contribution >= 0.6 is 0 Å². The van der Waals surface area contributed by atoms with Crippen molar-refractivity contribution in [2.75, 3.05) is 0 Å². The molecule has 6 aromatic carbocycles. The maximum Gasteiger partial charge on any atom is 0.135 e. The third-order valence-electron chi connectivity index (χ3n) is 10.8. The number of benzene rings is 6. The molecule has 0 saturated heterocycles. The van der Waals surface area contributed by atoms with E-state index in [0.717, 1.165) is 62.4 Å². The van der Waals surface area contributed by atoms with Gasteiger partial charge in [0.1, 0.15) is 11.3 Å². The smallest absolute Gasteiger partial charge is 0.135 e. The Balaban J connectivity index is 1.24. The van der Waals surface area contributed by atoms with E-state index in [-0.39, 0.29) is 6.04 Å². The molecule has 4 heteroatoms. The molecule has 0 bridgehead atoms. The molecule has 1 aliphatic rings. The van der Waals surface area contributed by atoms with Crippen molar-refractivity contribution in [1.29, 1.82) is 0 Å². The molecule has 0 aliphatic heterocycles. The van der Waals surface area contributed by atoms with Crippen molar-refractivity contribution >= 4 is 54.6 Å². The molecular formula is C49H33N3O. The predicted octanol–water partition coefficient (Wildman–Crippen LogP) is 13.1. The van der Waals surface area contributed by atoms with Gasteiger partial charge in [-0.15, -0.1) is 0 Å². The van der Waals surface area contributed by atoms with Gasteiger partial charge < -0.3 is 13.6 Å². The molecule has 10 aromatic rings. The van der Waals surface area contributed by atoms with Crippen molar-refractivity contribution in [3.63, 3.8) is 0 Å². The molecule has 1 unspecified atom stereocenters. The van der Waals surface area contributed by atoms with Gasteiger partial charge >= 0.3 is 0 Å². The van der Waals surface area contributed by atoms with Crippen LogP contribution in [0.5, 0.6) is 0 Å². The van der Waals surface area contributed by atoms with Gasteiger partial charge in [0, 0.05) is 54.8 Å². The lowest BCUT2D eigenvalue weighted by Crippen LogP contribution is -2.07. The van der Waals surface area contributed by atoms with Crippen LogP contribution in [0.15, 0.2) is 186 Å². The van der Waals surface area contributed by atoms with Gasteiger partial charge in [0.2, 0.25) is 0 Å². The summed E-state index contributed by atoms with van der Waals surface area (Å²) in [5.41, 5.74) is 11.6. The third kappa shape index (κ3) is 4.66. The van der Waals surface area contributed by atoms with Crippen molar-refractivity contribution in [1.82, 2.24) is 14.1 Å². The van der Waals surface area contributed by atoms with E-state index in [0.29, 0.717) is 0 Å². The number of hydrogen-bond acceptors (Lipinski definition) is 2. The molecule has 1 aliphatic carbocycles. The van der Waals surface area contributed by atoms with Crippen molar-refractivity contribution in [2.45, 2.75) is 12.5 Å². The number of nitrogens with zero attached hydrogens (tertiary/aromatic N) is 3. The van der Waals surface area contributed by atoms with E-state index in [4.69, 9.17) is 9.40 Å². The Kier molecular flexibility index (Phi) is 6.65. The number of fused-ring (bicyclic) bond motifs is 7. The minimum absolute atomic E-state index is 0.192. The summed E-state index contributed by atoms with van der Waals surface area (Å²) in [4.78, 5) is 5.61. The fourth-order valence-corrected chi connectivity index (χ4v) is 8.51. The molecule has 4 heterocycles. The average molecular weight is 680 g/mol. The Morgan fingerprint density at radius 1 is 0.547 bits per heavy atom. The van der Waals surface area contributed by atoms with Crippen LogP contribution in [-0.4, -0.2) is 14.1 Å². The lowest BCUT2D eigenvalue weighted by atomic mass is 9.99. The summed E-state index contributed by atoms with van der Waals surface area (Å²) < 4.78 is 11.5. The van der Waals surface area contributed by atoms with Gasteiger partial charge in [-0.25, -0.2) is 4.98 Å². The van der Waals surface area contributed by atoms with Crippen LogP contribution in [-0.2, 0) is 0 Å². The second kappa shape index (κ2) is 11.8. The summed E-state index contributed by atoms with van der Waals surface area (Å²) in [5, 5.41) is 5.96. The zero-order chi connectivity index (χ0) is 34.9. The van der Waals surface area contributed by atoms with Crippen molar-refractivity contribution < 1.29 is 4.42 Å². The number of allylic oxidation sites excluding steroid dienone is 4. The maximum atomic E-state index is 6.56. The van der Waals surface area contributed by atoms with Gasteiger partial charge in [-0.3, -0.25) is 0 Å². The maximum absolute atomic E-state index is 6.56. The molecule has 11 rings (SSSR count). The summed E-state index contributed by atoms with van der Waals surface area (Å²) in [6, 6.07) is 56.3. The second-order valence-electron chi connectivity index (χ2n) is 13.9. The van der Waals surface area contributed by atoms with E-state index in [9.17, 15) is 0 Å². The Bertz CT molecular complexity index is 3070. The molecule has 53 heavy (non-hydrogen) atoms. The van der Waals surface area contributed by atoms with E-state index >= 15 is 0 Å². The summed E-state index contributed by atoms with van der Waals surface area (Å²) >= 11 is 0. The quantitative estimate of drug-likeness (QED) is 0.181. The first kappa shape index (κ1) is 29.8. The number of furan rings is 1. The lowest BCUT2D eigenvalue weighted by Gasteiger charge is -2.20. The highest BCUT2D eigenvalue weighted by Crippen LogP contribution is 2.43. The fraction of sp³-hybridized carbons (Fsp3) is 0.0408.